The van der Waals surface area contributed by atoms with Gasteiger partial charge in [0.25, 0.3) is 0 Å². The number of hydrogen-bond donors (Lipinski definition) is 2. The van der Waals surface area contributed by atoms with E-state index in [0.717, 1.165) is 32.5 Å². The van der Waals surface area contributed by atoms with E-state index in [-0.39, 0.29) is 0 Å². The Morgan fingerprint density at radius 3 is 2.95 bits per heavy atom. The van der Waals surface area contributed by atoms with Crippen LogP contribution < -0.4 is 10.2 Å². The molecule has 118 valence electrons. The molecular weight excluding hydrogens is 260 g/mol. The van der Waals surface area contributed by atoms with Crippen molar-refractivity contribution in [2.75, 3.05) is 31.1 Å². The third kappa shape index (κ3) is 4.45. The second-order valence-electron chi connectivity index (χ2n) is 6.09. The molecule has 1 heterocycles. The number of rotatable bonds is 8. The number of benzene rings is 1. The van der Waals surface area contributed by atoms with Crippen LogP contribution in [0.25, 0.3) is 0 Å². The fraction of sp³-hybridized carbons (Fsp3) is 0.667. The summed E-state index contributed by atoms with van der Waals surface area (Å²) in [6.07, 6.45) is 5.59. The first-order chi connectivity index (χ1) is 10.3. The monoisotopic (exact) mass is 290 g/mol. The average Bonchev–Trinajstić information content (AvgIpc) is 2.52. The first kappa shape index (κ1) is 16.3. The van der Waals surface area contributed by atoms with Crippen LogP contribution in [0.3, 0.4) is 0 Å². The lowest BCUT2D eigenvalue weighted by Gasteiger charge is -2.32. The molecule has 1 unspecified atom stereocenters. The van der Waals surface area contributed by atoms with E-state index < -0.39 is 0 Å². The van der Waals surface area contributed by atoms with Crippen molar-refractivity contribution in [1.29, 1.82) is 0 Å². The second kappa shape index (κ2) is 8.40. The van der Waals surface area contributed by atoms with Gasteiger partial charge in [-0.25, -0.2) is 0 Å². The molecule has 0 bridgehead atoms. The summed E-state index contributed by atoms with van der Waals surface area (Å²) in [4.78, 5) is 2.49. The molecule has 3 nitrogen and oxygen atoms in total. The van der Waals surface area contributed by atoms with Crippen molar-refractivity contribution in [3.8, 4) is 0 Å². The quantitative estimate of drug-likeness (QED) is 0.721. The van der Waals surface area contributed by atoms with E-state index in [2.05, 4.69) is 42.3 Å². The number of anilines is 1. The molecule has 0 aliphatic carbocycles. The zero-order chi connectivity index (χ0) is 15.1. The van der Waals surface area contributed by atoms with Gasteiger partial charge in [0.2, 0.25) is 0 Å². The summed E-state index contributed by atoms with van der Waals surface area (Å²) in [7, 11) is 0. The van der Waals surface area contributed by atoms with Crippen molar-refractivity contribution in [2.24, 2.45) is 0 Å². The highest BCUT2D eigenvalue weighted by Gasteiger charge is 2.17. The second-order valence-corrected chi connectivity index (χ2v) is 6.09. The Hall–Kier alpha value is -1.06. The molecule has 21 heavy (non-hydrogen) atoms. The SMILES string of the molecule is CCCNC(C)c1ccc2c(c1)CCCN2CCCCO. The lowest BCUT2D eigenvalue weighted by molar-refractivity contribution is 0.285. The van der Waals surface area contributed by atoms with Gasteiger partial charge in [-0.3, -0.25) is 0 Å². The van der Waals surface area contributed by atoms with Crippen molar-refractivity contribution in [3.05, 3.63) is 29.3 Å². The molecule has 0 spiro atoms. The molecular formula is C18H30N2O. The summed E-state index contributed by atoms with van der Waals surface area (Å²) in [5.74, 6) is 0. The van der Waals surface area contributed by atoms with E-state index in [1.807, 2.05) is 0 Å². The van der Waals surface area contributed by atoms with Crippen molar-refractivity contribution >= 4 is 5.69 Å². The molecule has 2 N–H and O–H groups in total. The highest BCUT2D eigenvalue weighted by atomic mass is 16.2. The third-order valence-electron chi connectivity index (χ3n) is 4.36. The van der Waals surface area contributed by atoms with Crippen LogP contribution in [0.2, 0.25) is 0 Å². The smallest absolute Gasteiger partial charge is 0.0431 e. The van der Waals surface area contributed by atoms with Gasteiger partial charge in [0.1, 0.15) is 0 Å². The van der Waals surface area contributed by atoms with Gasteiger partial charge in [-0.2, -0.15) is 0 Å². The maximum absolute atomic E-state index is 8.93. The summed E-state index contributed by atoms with van der Waals surface area (Å²) in [6, 6.07) is 7.39. The van der Waals surface area contributed by atoms with E-state index in [1.165, 1.54) is 36.1 Å². The van der Waals surface area contributed by atoms with Gasteiger partial charge in [-0.15, -0.1) is 0 Å². The Kier molecular flexibility index (Phi) is 6.52. The fourth-order valence-corrected chi connectivity index (χ4v) is 3.09. The van der Waals surface area contributed by atoms with Gasteiger partial charge in [-0.05, 0) is 62.8 Å². The van der Waals surface area contributed by atoms with Gasteiger partial charge in [0, 0.05) is 31.4 Å². The topological polar surface area (TPSA) is 35.5 Å². The molecule has 2 rings (SSSR count). The summed E-state index contributed by atoms with van der Waals surface area (Å²) < 4.78 is 0. The average molecular weight is 290 g/mol. The minimum atomic E-state index is 0.306. The summed E-state index contributed by atoms with van der Waals surface area (Å²) >= 11 is 0. The summed E-state index contributed by atoms with van der Waals surface area (Å²) in [5, 5.41) is 12.5. The Balaban J connectivity index is 2.05. The van der Waals surface area contributed by atoms with E-state index in [4.69, 9.17) is 5.11 Å². The maximum atomic E-state index is 8.93. The molecule has 1 aliphatic heterocycles. The number of fused-ring (bicyclic) bond motifs is 1. The first-order valence-electron chi connectivity index (χ1n) is 8.48. The summed E-state index contributed by atoms with van der Waals surface area (Å²) in [6.45, 7) is 8.06. The van der Waals surface area contributed by atoms with Crippen LogP contribution in [-0.2, 0) is 6.42 Å². The number of unbranched alkanes of at least 4 members (excludes halogenated alkanes) is 1. The Morgan fingerprint density at radius 2 is 2.19 bits per heavy atom. The molecule has 1 atom stereocenters. The van der Waals surface area contributed by atoms with Gasteiger partial charge >= 0.3 is 0 Å². The van der Waals surface area contributed by atoms with E-state index in [9.17, 15) is 0 Å². The molecule has 1 aromatic rings. The lowest BCUT2D eigenvalue weighted by Crippen LogP contribution is -2.30. The Labute approximate surface area is 129 Å². The van der Waals surface area contributed by atoms with Gasteiger partial charge < -0.3 is 15.3 Å². The van der Waals surface area contributed by atoms with Gasteiger partial charge in [0.15, 0.2) is 0 Å². The predicted molar refractivity (Wildman–Crippen MR) is 90.0 cm³/mol. The number of aryl methyl sites for hydroxylation is 1. The molecule has 0 aromatic heterocycles. The van der Waals surface area contributed by atoms with Crippen molar-refractivity contribution in [1.82, 2.24) is 5.32 Å². The lowest BCUT2D eigenvalue weighted by atomic mass is 9.96. The van der Waals surface area contributed by atoms with Crippen molar-refractivity contribution < 1.29 is 5.11 Å². The number of nitrogens with one attached hydrogen (secondary N) is 1. The van der Waals surface area contributed by atoms with Crippen LogP contribution in [-0.4, -0.2) is 31.3 Å². The fourth-order valence-electron chi connectivity index (χ4n) is 3.09. The minimum Gasteiger partial charge on any atom is -0.396 e. The Bertz CT molecular complexity index is 433. The Morgan fingerprint density at radius 1 is 1.33 bits per heavy atom. The molecule has 0 radical (unpaired) electrons. The van der Waals surface area contributed by atoms with Crippen LogP contribution in [0.1, 0.15) is 56.7 Å². The molecule has 3 heteroatoms. The van der Waals surface area contributed by atoms with E-state index >= 15 is 0 Å². The summed E-state index contributed by atoms with van der Waals surface area (Å²) in [5.41, 5.74) is 4.30. The van der Waals surface area contributed by atoms with E-state index in [1.54, 1.807) is 0 Å². The number of nitrogens with zero attached hydrogens (tertiary/aromatic N) is 1. The van der Waals surface area contributed by atoms with Crippen molar-refractivity contribution in [2.45, 2.75) is 52.0 Å². The molecule has 0 saturated carbocycles. The van der Waals surface area contributed by atoms with Crippen LogP contribution in [0, 0.1) is 0 Å². The highest BCUT2D eigenvalue weighted by molar-refractivity contribution is 5.57. The molecule has 0 amide bonds. The van der Waals surface area contributed by atoms with Crippen molar-refractivity contribution in [3.63, 3.8) is 0 Å². The van der Waals surface area contributed by atoms with Crippen LogP contribution in [0.5, 0.6) is 0 Å². The largest absolute Gasteiger partial charge is 0.396 e. The minimum absolute atomic E-state index is 0.306. The molecule has 0 fully saturated rings. The first-order valence-corrected chi connectivity index (χ1v) is 8.48. The zero-order valence-electron chi connectivity index (χ0n) is 13.6. The van der Waals surface area contributed by atoms with Crippen LogP contribution in [0.4, 0.5) is 5.69 Å². The standard InChI is InChI=1S/C18H30N2O/c1-3-10-19-15(2)16-8-9-18-17(14-16)7-6-12-20(18)11-4-5-13-21/h8-9,14-15,19,21H,3-7,10-13H2,1-2H3. The normalized spacial score (nSPS) is 15.9. The van der Waals surface area contributed by atoms with Gasteiger partial charge in [-0.1, -0.05) is 19.1 Å². The molecule has 0 saturated heterocycles. The maximum Gasteiger partial charge on any atom is 0.0431 e. The number of aliphatic hydroxyl groups is 1. The van der Waals surface area contributed by atoms with Crippen LogP contribution in [0.15, 0.2) is 18.2 Å². The number of aliphatic hydroxyl groups excluding tert-OH is 1. The zero-order valence-corrected chi connectivity index (χ0v) is 13.6. The predicted octanol–water partition coefficient (Wildman–Crippen LogP) is 3.27. The molecule has 1 aromatic carbocycles. The molecule has 1 aliphatic rings. The van der Waals surface area contributed by atoms with E-state index in [0.29, 0.717) is 12.6 Å². The number of hydrogen-bond acceptors (Lipinski definition) is 3. The highest BCUT2D eigenvalue weighted by Crippen LogP contribution is 2.30. The third-order valence-corrected chi connectivity index (χ3v) is 4.36. The van der Waals surface area contributed by atoms with Crippen LogP contribution >= 0.6 is 0 Å². The van der Waals surface area contributed by atoms with Gasteiger partial charge in [0.05, 0.1) is 0 Å².